The van der Waals surface area contributed by atoms with Gasteiger partial charge in [0.1, 0.15) is 41.2 Å². The van der Waals surface area contributed by atoms with Gasteiger partial charge in [0.2, 0.25) is 47.3 Å². The second kappa shape index (κ2) is 41.6. The number of methoxy groups -OCH3 is 3. The van der Waals surface area contributed by atoms with Gasteiger partial charge in [0.05, 0.1) is 38.1 Å². The SMILES string of the molecule is CC[C@H](C)[C@H](NC(=O)C(C)(C)N(C)C)C(=O)N(C)[C@H](C[C@@H](OC)c1nc(C(=O)N[C@H](CCC(=O)O)Cc2ccc(O)c(NC(=O)CNC(=O)CCCNC(=O)[C@H](CCCCNC(=O)COCCOC)NC(=O)CCCNC(=O)/C=C/C(=O)OC)c2)cs1)C(C)C. The summed E-state index contributed by atoms with van der Waals surface area (Å²) in [5, 5.41) is 44.0. The number of phenols is 1. The summed E-state index contributed by atoms with van der Waals surface area (Å²) in [6.07, 6.45) is 3.42. The fraction of sp³-hybridized carbons (Fsp3) is 0.639. The van der Waals surface area contributed by atoms with Crippen LogP contribution in [-0.2, 0) is 73.3 Å². The summed E-state index contributed by atoms with van der Waals surface area (Å²) in [7, 11) is 9.50. The minimum absolute atomic E-state index is 0.00977. The fourth-order valence-electron chi connectivity index (χ4n) is 8.77. The molecule has 6 atom stereocenters. The van der Waals surface area contributed by atoms with Crippen molar-refractivity contribution >= 4 is 82.1 Å². The smallest absolute Gasteiger partial charge is 0.330 e. The van der Waals surface area contributed by atoms with Gasteiger partial charge in [0.25, 0.3) is 5.91 Å². The molecule has 2 aromatic rings. The fourth-order valence-corrected chi connectivity index (χ4v) is 9.66. The molecule has 1 aromatic carbocycles. The van der Waals surface area contributed by atoms with Crippen molar-refractivity contribution in [3.8, 4) is 5.75 Å². The number of unbranched alkanes of at least 4 members (excludes halogenated alkanes) is 1. The number of carboxylic acid groups (broad SMARTS) is 1. The molecule has 0 unspecified atom stereocenters. The van der Waals surface area contributed by atoms with Crippen molar-refractivity contribution in [1.82, 2.24) is 52.0 Å². The molecule has 2 rings (SSSR count). The second-order valence-corrected chi connectivity index (χ2v) is 23.6. The van der Waals surface area contributed by atoms with Gasteiger partial charge in [0, 0.05) is 96.2 Å². The number of aromatic nitrogens is 1. The van der Waals surface area contributed by atoms with Gasteiger partial charge >= 0.3 is 11.9 Å². The molecule has 0 saturated heterocycles. The number of hydrogen-bond acceptors (Lipinski definition) is 19. The van der Waals surface area contributed by atoms with Crippen LogP contribution in [0.4, 0.5) is 5.69 Å². The van der Waals surface area contributed by atoms with Gasteiger partial charge in [-0.3, -0.25) is 52.8 Å². The van der Waals surface area contributed by atoms with E-state index in [9.17, 15) is 63.0 Å². The van der Waals surface area contributed by atoms with Crippen molar-refractivity contribution in [2.45, 2.75) is 154 Å². The number of phenolic OH excluding ortho intramolecular Hbond substituents is 1. The van der Waals surface area contributed by atoms with Crippen LogP contribution in [0.15, 0.2) is 35.7 Å². The van der Waals surface area contributed by atoms with Crippen LogP contribution in [0, 0.1) is 11.8 Å². The van der Waals surface area contributed by atoms with E-state index < -0.39 is 83.7 Å². The number of anilines is 1. The molecule has 1 heterocycles. The average Bonchev–Trinajstić information content (AvgIpc) is 1.39. The minimum Gasteiger partial charge on any atom is -0.506 e. The zero-order chi connectivity index (χ0) is 67.5. The molecule has 10 N–H and O–H groups in total. The topological polar surface area (TPSA) is 381 Å². The Morgan fingerprint density at radius 2 is 1.44 bits per heavy atom. The Kier molecular flexibility index (Phi) is 36.3. The summed E-state index contributed by atoms with van der Waals surface area (Å²) in [5.41, 5.74) is -0.322. The van der Waals surface area contributed by atoms with Crippen LogP contribution in [0.5, 0.6) is 5.75 Å². The Bertz CT molecular complexity index is 2700. The lowest BCUT2D eigenvalue weighted by Gasteiger charge is -2.38. The first-order valence-electron chi connectivity index (χ1n) is 30.2. The molecule has 1 aromatic heterocycles. The quantitative estimate of drug-likeness (QED) is 0.0197. The third-order valence-electron chi connectivity index (χ3n) is 15.0. The first-order valence-corrected chi connectivity index (χ1v) is 31.0. The Hall–Kier alpha value is -7.60. The van der Waals surface area contributed by atoms with E-state index in [1.54, 1.807) is 56.2 Å². The van der Waals surface area contributed by atoms with Gasteiger partial charge < -0.3 is 76.6 Å². The van der Waals surface area contributed by atoms with E-state index in [1.165, 1.54) is 44.8 Å². The summed E-state index contributed by atoms with van der Waals surface area (Å²) in [4.78, 5) is 149. The lowest BCUT2D eigenvalue weighted by Crippen LogP contribution is -2.60. The number of esters is 1. The number of hydrogen-bond donors (Lipinski definition) is 10. The first-order chi connectivity index (χ1) is 42.6. The molecule has 90 heavy (non-hydrogen) atoms. The van der Waals surface area contributed by atoms with E-state index in [4.69, 9.17) is 14.2 Å². The van der Waals surface area contributed by atoms with Gasteiger partial charge in [-0.15, -0.1) is 11.3 Å². The predicted octanol–water partition coefficient (Wildman–Crippen LogP) is 2.50. The van der Waals surface area contributed by atoms with E-state index in [1.807, 2.05) is 27.7 Å². The van der Waals surface area contributed by atoms with Crippen LogP contribution >= 0.6 is 11.3 Å². The molecule has 0 aliphatic heterocycles. The molecule has 0 saturated carbocycles. The molecular formula is C61H97N11O17S. The molecule has 9 amide bonds. The number of carbonyl (C=O) groups is 11. The monoisotopic (exact) mass is 1290 g/mol. The summed E-state index contributed by atoms with van der Waals surface area (Å²) in [6.45, 7) is 11.8. The van der Waals surface area contributed by atoms with Gasteiger partial charge in [-0.2, -0.15) is 0 Å². The molecular weight excluding hydrogens is 1190 g/mol. The molecule has 29 heteroatoms. The minimum atomic E-state index is -1.10. The van der Waals surface area contributed by atoms with E-state index in [-0.39, 0.29) is 130 Å². The zero-order valence-corrected chi connectivity index (χ0v) is 55.0. The van der Waals surface area contributed by atoms with Crippen LogP contribution < -0.4 is 42.5 Å². The van der Waals surface area contributed by atoms with E-state index in [2.05, 4.69) is 52.3 Å². The maximum atomic E-state index is 14.2. The highest BCUT2D eigenvalue weighted by atomic mass is 32.1. The average molecular weight is 1290 g/mol. The highest BCUT2D eigenvalue weighted by molar-refractivity contribution is 7.09. The van der Waals surface area contributed by atoms with Gasteiger partial charge in [0.15, 0.2) is 0 Å². The maximum Gasteiger partial charge on any atom is 0.330 e. The summed E-state index contributed by atoms with van der Waals surface area (Å²) < 4.78 is 20.5. The molecule has 0 aliphatic carbocycles. The number of aliphatic carboxylic acids is 1. The molecule has 0 radical (unpaired) electrons. The van der Waals surface area contributed by atoms with Gasteiger partial charge in [-0.1, -0.05) is 40.2 Å². The molecule has 28 nitrogen and oxygen atoms in total. The Balaban J connectivity index is 2.06. The number of nitrogens with zero attached hydrogens (tertiary/aromatic N) is 3. The number of carbonyl (C=O) groups excluding carboxylic acids is 10. The Labute approximate surface area is 531 Å². The second-order valence-electron chi connectivity index (χ2n) is 22.7. The standard InChI is InChI=1S/C61H97N11O17S/c1-13-39(4)55(70-60(85)61(5,6)71(7)8)59(84)72(9)45(38(2)3)34-47(87-11)58-69-44(37-90-58)57(83)66-41(22-25-53(79)80)32-40-21-23-46(73)43(33-40)68-51(77)35-65-48(74)19-16-29-64-56(82)42(18-14-15-27-63-52(78)36-89-31-30-86-10)67-50(76)20-17-28-62-49(75)24-26-54(81)88-12/h21,23-24,26,33,37-39,41-42,45,47,55,73H,13-20,22,25,27-32,34-36H2,1-12H3,(H,62,75)(H,63,78)(H,64,82)(H,65,74)(H,66,83)(H,67,76)(H,68,77)(H,70,85)(H,79,80)/b26-24+/t39-,41+,42-,45+,47+,55-/m0/s1. The third-order valence-corrected chi connectivity index (χ3v) is 16.0. The van der Waals surface area contributed by atoms with Crippen molar-refractivity contribution in [2.24, 2.45) is 11.8 Å². The number of rotatable bonds is 44. The number of thiazole rings is 1. The molecule has 0 bridgehead atoms. The molecule has 0 spiro atoms. The summed E-state index contributed by atoms with van der Waals surface area (Å²) >= 11 is 1.19. The van der Waals surface area contributed by atoms with Gasteiger partial charge in [-0.05, 0) is 102 Å². The lowest BCUT2D eigenvalue weighted by atomic mass is 9.92. The number of carboxylic acids is 1. The summed E-state index contributed by atoms with van der Waals surface area (Å²) in [5.74, 6) is -6.53. The normalized spacial score (nSPS) is 13.4. The van der Waals surface area contributed by atoms with E-state index >= 15 is 0 Å². The zero-order valence-electron chi connectivity index (χ0n) is 54.2. The van der Waals surface area contributed by atoms with Crippen LogP contribution in [-0.4, -0.2) is 208 Å². The van der Waals surface area contributed by atoms with Crippen molar-refractivity contribution in [3.05, 3.63) is 52.0 Å². The first kappa shape index (κ1) is 78.5. The van der Waals surface area contributed by atoms with Crippen LogP contribution in [0.25, 0.3) is 0 Å². The van der Waals surface area contributed by atoms with Crippen molar-refractivity contribution < 1.29 is 81.9 Å². The predicted molar refractivity (Wildman–Crippen MR) is 336 cm³/mol. The number of ether oxygens (including phenoxy) is 4. The molecule has 0 aliphatic rings. The van der Waals surface area contributed by atoms with Crippen molar-refractivity contribution in [1.29, 1.82) is 0 Å². The molecule has 504 valence electrons. The largest absolute Gasteiger partial charge is 0.506 e. The third kappa shape index (κ3) is 29.4. The van der Waals surface area contributed by atoms with E-state index in [0.717, 1.165) is 12.2 Å². The van der Waals surface area contributed by atoms with E-state index in [0.29, 0.717) is 49.4 Å². The van der Waals surface area contributed by atoms with Crippen LogP contribution in [0.2, 0.25) is 0 Å². The number of nitrogens with one attached hydrogen (secondary N) is 8. The number of benzene rings is 1. The highest BCUT2D eigenvalue weighted by Gasteiger charge is 2.38. The molecule has 0 fully saturated rings. The van der Waals surface area contributed by atoms with Gasteiger partial charge in [-0.25, -0.2) is 9.78 Å². The van der Waals surface area contributed by atoms with Crippen molar-refractivity contribution in [3.63, 3.8) is 0 Å². The van der Waals surface area contributed by atoms with Crippen LogP contribution in [0.3, 0.4) is 0 Å². The number of aromatic hydroxyl groups is 1. The summed E-state index contributed by atoms with van der Waals surface area (Å²) in [6, 6.07) is 1.46. The highest BCUT2D eigenvalue weighted by Crippen LogP contribution is 2.31. The lowest BCUT2D eigenvalue weighted by molar-refractivity contribution is -0.142. The Morgan fingerprint density at radius 1 is 0.767 bits per heavy atom. The van der Waals surface area contributed by atoms with Crippen molar-refractivity contribution in [2.75, 3.05) is 93.8 Å². The maximum absolute atomic E-state index is 14.2. The Morgan fingerprint density at radius 3 is 2.08 bits per heavy atom. The number of amides is 9. The van der Waals surface area contributed by atoms with Crippen LogP contribution in [0.1, 0.15) is 139 Å². The number of likely N-dealkylation sites (N-methyl/N-ethyl adjacent to an activating group) is 2.